The molecular weight excluding hydrogens is 480 g/mol. The number of carboxylic acid groups (broad SMARTS) is 1. The van der Waals surface area contributed by atoms with Crippen LogP contribution in [0.4, 0.5) is 0 Å². The highest BCUT2D eigenvalue weighted by Gasteiger charge is 2.39. The molecule has 37 heavy (non-hydrogen) atoms. The van der Waals surface area contributed by atoms with Gasteiger partial charge in [0.2, 0.25) is 6.10 Å². The number of carbonyl (C=O) groups is 3. The number of ether oxygens (including phenoxy) is 2. The molecule has 11 nitrogen and oxygen atoms in total. The molecule has 5 rings (SSSR count). The molecule has 2 amide bonds. The van der Waals surface area contributed by atoms with Crippen molar-refractivity contribution in [2.75, 3.05) is 39.5 Å². The molecule has 1 unspecified atom stereocenters. The Bertz CT molecular complexity index is 1250. The van der Waals surface area contributed by atoms with Crippen LogP contribution in [0.1, 0.15) is 20.7 Å². The first-order valence-corrected chi connectivity index (χ1v) is 11.9. The Morgan fingerprint density at radius 1 is 0.973 bits per heavy atom. The third kappa shape index (κ3) is 5.53. The van der Waals surface area contributed by atoms with Gasteiger partial charge in [-0.3, -0.25) is 19.2 Å². The number of hydrogen-bond acceptors (Lipinski definition) is 8. The van der Waals surface area contributed by atoms with Gasteiger partial charge >= 0.3 is 5.97 Å². The zero-order chi connectivity index (χ0) is 25.8. The van der Waals surface area contributed by atoms with Gasteiger partial charge in [0.25, 0.3) is 11.8 Å². The van der Waals surface area contributed by atoms with E-state index in [2.05, 4.69) is 10.00 Å². The minimum Gasteiger partial charge on any atom is -0.490 e. The van der Waals surface area contributed by atoms with Gasteiger partial charge in [0, 0.05) is 31.4 Å². The van der Waals surface area contributed by atoms with Gasteiger partial charge in [-0.05, 0) is 29.8 Å². The average Bonchev–Trinajstić information content (AvgIpc) is 3.49. The third-order valence-corrected chi connectivity index (χ3v) is 6.24. The minimum atomic E-state index is -1.56. The fourth-order valence-corrected chi connectivity index (χ4v) is 4.16. The topological polar surface area (TPSA) is 123 Å². The lowest BCUT2D eigenvalue weighted by molar-refractivity contribution is -0.178. The van der Waals surface area contributed by atoms with E-state index >= 15 is 0 Å². The number of hydrogen-bond donors (Lipinski definition) is 1. The minimum absolute atomic E-state index is 0.164. The van der Waals surface area contributed by atoms with Crippen molar-refractivity contribution < 1.29 is 33.8 Å². The molecule has 1 N–H and O–H groups in total. The molecular formula is C26H26N4O7. The van der Waals surface area contributed by atoms with E-state index < -0.39 is 30.5 Å². The number of fused-ring (bicyclic) bond motifs is 1. The van der Waals surface area contributed by atoms with Crippen LogP contribution in [0.5, 0.6) is 5.75 Å². The number of amides is 2. The Kier molecular flexibility index (Phi) is 7.26. The van der Waals surface area contributed by atoms with Crippen LogP contribution < -0.4 is 4.74 Å². The number of rotatable bonds is 10. The summed E-state index contributed by atoms with van der Waals surface area (Å²) in [4.78, 5) is 44.3. The molecule has 0 aliphatic carbocycles. The van der Waals surface area contributed by atoms with Crippen LogP contribution >= 0.6 is 0 Å². The van der Waals surface area contributed by atoms with Gasteiger partial charge in [-0.2, -0.15) is 5.10 Å². The second-order valence-electron chi connectivity index (χ2n) is 8.66. The van der Waals surface area contributed by atoms with Crippen molar-refractivity contribution in [2.24, 2.45) is 0 Å². The molecule has 0 spiro atoms. The number of benzene rings is 2. The average molecular weight is 507 g/mol. The molecule has 2 aromatic carbocycles. The number of aromatic nitrogens is 2. The highest BCUT2D eigenvalue weighted by Crippen LogP contribution is 2.25. The van der Waals surface area contributed by atoms with Crippen molar-refractivity contribution in [3.05, 3.63) is 72.1 Å². The van der Waals surface area contributed by atoms with Crippen LogP contribution in [-0.4, -0.2) is 88.2 Å². The SMILES string of the molecule is O=C(O)C(COc1ccc(-c2cnn(CCN3CCOCC3)c2)cc1)ON1C(=O)c2ccccc2C1=O. The van der Waals surface area contributed by atoms with Crippen LogP contribution in [0.2, 0.25) is 0 Å². The molecule has 0 bridgehead atoms. The first-order valence-electron chi connectivity index (χ1n) is 11.9. The summed E-state index contributed by atoms with van der Waals surface area (Å²) in [5.41, 5.74) is 2.21. The lowest BCUT2D eigenvalue weighted by atomic mass is 10.1. The largest absolute Gasteiger partial charge is 0.490 e. The van der Waals surface area contributed by atoms with Crippen molar-refractivity contribution in [2.45, 2.75) is 12.6 Å². The number of aliphatic carboxylic acids is 1. The molecule has 0 radical (unpaired) electrons. The van der Waals surface area contributed by atoms with Crippen molar-refractivity contribution in [3.63, 3.8) is 0 Å². The molecule has 2 aliphatic rings. The molecule has 1 saturated heterocycles. The number of carboxylic acids is 1. The number of imide groups is 1. The van der Waals surface area contributed by atoms with Gasteiger partial charge < -0.3 is 14.6 Å². The van der Waals surface area contributed by atoms with Crippen LogP contribution in [0, 0.1) is 0 Å². The zero-order valence-corrected chi connectivity index (χ0v) is 20.0. The summed E-state index contributed by atoms with van der Waals surface area (Å²) in [5.74, 6) is -2.36. The van der Waals surface area contributed by atoms with Crippen molar-refractivity contribution >= 4 is 17.8 Å². The number of hydroxylamine groups is 2. The van der Waals surface area contributed by atoms with Gasteiger partial charge in [0.1, 0.15) is 12.4 Å². The van der Waals surface area contributed by atoms with E-state index in [1.54, 1.807) is 30.5 Å². The predicted octanol–water partition coefficient (Wildman–Crippen LogP) is 1.94. The lowest BCUT2D eigenvalue weighted by Gasteiger charge is -2.26. The number of carbonyl (C=O) groups excluding carboxylic acids is 2. The Morgan fingerprint density at radius 2 is 1.65 bits per heavy atom. The number of nitrogens with zero attached hydrogens (tertiary/aromatic N) is 4. The number of morpholine rings is 1. The Morgan fingerprint density at radius 3 is 2.30 bits per heavy atom. The highest BCUT2D eigenvalue weighted by atomic mass is 16.7. The van der Waals surface area contributed by atoms with E-state index in [9.17, 15) is 19.5 Å². The zero-order valence-electron chi connectivity index (χ0n) is 20.0. The molecule has 3 aromatic rings. The summed E-state index contributed by atoms with van der Waals surface area (Å²) in [6.45, 7) is 4.68. The van der Waals surface area contributed by atoms with Gasteiger partial charge in [0.05, 0.1) is 37.1 Å². The van der Waals surface area contributed by atoms with Crippen molar-refractivity contribution in [3.8, 4) is 16.9 Å². The maximum absolute atomic E-state index is 12.5. The monoisotopic (exact) mass is 506 g/mol. The summed E-state index contributed by atoms with van der Waals surface area (Å²) in [6, 6.07) is 13.3. The summed E-state index contributed by atoms with van der Waals surface area (Å²) >= 11 is 0. The fourth-order valence-electron chi connectivity index (χ4n) is 4.16. The smallest absolute Gasteiger partial charge is 0.339 e. The standard InChI is InChI=1S/C26H26N4O7/c31-24-21-3-1-2-4-22(21)25(32)30(24)37-23(26(33)34)17-36-20-7-5-18(6-8-20)19-15-27-29(16-19)10-9-28-11-13-35-14-12-28/h1-8,15-16,23H,9-14,17H2,(H,33,34). The molecule has 2 aliphatic heterocycles. The summed E-state index contributed by atoms with van der Waals surface area (Å²) in [6.07, 6.45) is 2.21. The van der Waals surface area contributed by atoms with Gasteiger partial charge in [-0.25, -0.2) is 9.63 Å². The Labute approximate surface area is 212 Å². The summed E-state index contributed by atoms with van der Waals surface area (Å²) in [7, 11) is 0. The third-order valence-electron chi connectivity index (χ3n) is 6.24. The van der Waals surface area contributed by atoms with Crippen molar-refractivity contribution in [1.29, 1.82) is 0 Å². The molecule has 192 valence electrons. The molecule has 0 saturated carbocycles. The second kappa shape index (κ2) is 10.9. The van der Waals surface area contributed by atoms with Gasteiger partial charge in [0.15, 0.2) is 0 Å². The van der Waals surface area contributed by atoms with Gasteiger partial charge in [-0.1, -0.05) is 24.3 Å². The van der Waals surface area contributed by atoms with E-state index in [4.69, 9.17) is 14.3 Å². The quantitative estimate of drug-likeness (QED) is 0.411. The van der Waals surface area contributed by atoms with Crippen molar-refractivity contribution in [1.82, 2.24) is 19.7 Å². The van der Waals surface area contributed by atoms with E-state index in [1.807, 2.05) is 23.0 Å². The fraction of sp³-hybridized carbons (Fsp3) is 0.308. The second-order valence-corrected chi connectivity index (χ2v) is 8.66. The highest BCUT2D eigenvalue weighted by molar-refractivity contribution is 6.20. The molecule has 1 aromatic heterocycles. The van der Waals surface area contributed by atoms with Crippen LogP contribution in [-0.2, 0) is 20.9 Å². The maximum atomic E-state index is 12.5. The first-order chi connectivity index (χ1) is 18.0. The first kappa shape index (κ1) is 24.6. The van der Waals surface area contributed by atoms with Crippen LogP contribution in [0.3, 0.4) is 0 Å². The van der Waals surface area contributed by atoms with E-state index in [0.717, 1.165) is 50.5 Å². The van der Waals surface area contributed by atoms with Crippen LogP contribution in [0.15, 0.2) is 60.9 Å². The van der Waals surface area contributed by atoms with Crippen LogP contribution in [0.25, 0.3) is 11.1 Å². The molecule has 3 heterocycles. The summed E-state index contributed by atoms with van der Waals surface area (Å²) in [5, 5.41) is 14.5. The predicted molar refractivity (Wildman–Crippen MR) is 130 cm³/mol. The Hall–Kier alpha value is -4.06. The Balaban J connectivity index is 1.16. The maximum Gasteiger partial charge on any atom is 0.339 e. The van der Waals surface area contributed by atoms with Gasteiger partial charge in [-0.15, -0.1) is 5.06 Å². The van der Waals surface area contributed by atoms with E-state index in [0.29, 0.717) is 10.8 Å². The van der Waals surface area contributed by atoms with E-state index in [1.165, 1.54) is 12.1 Å². The molecule has 11 heteroatoms. The molecule has 1 fully saturated rings. The van der Waals surface area contributed by atoms with E-state index in [-0.39, 0.29) is 11.1 Å². The summed E-state index contributed by atoms with van der Waals surface area (Å²) < 4.78 is 12.9. The normalized spacial score (nSPS) is 16.6. The molecule has 1 atom stereocenters. The lowest BCUT2D eigenvalue weighted by Crippen LogP contribution is -2.41.